The Morgan fingerprint density at radius 2 is 1.97 bits per heavy atom. The van der Waals surface area contributed by atoms with Crippen LogP contribution in [0.1, 0.15) is 10.4 Å². The Hall–Kier alpha value is -3.85. The molecule has 2 aromatic heterocycles. The van der Waals surface area contributed by atoms with Crippen LogP contribution in [0.5, 0.6) is 0 Å². The number of carbonyl (C=O) groups is 2. The number of furan rings is 1. The van der Waals surface area contributed by atoms with E-state index in [2.05, 4.69) is 22.1 Å². The average Bonchev–Trinajstić information content (AvgIpc) is 3.41. The first kappa shape index (κ1) is 21.4. The number of benzene rings is 2. The lowest BCUT2D eigenvalue weighted by Crippen LogP contribution is -2.17. The molecule has 0 atom stereocenters. The number of aromatic nitrogens is 3. The first-order valence-corrected chi connectivity index (χ1v) is 10.7. The van der Waals surface area contributed by atoms with Crippen LogP contribution in [0.2, 0.25) is 0 Å². The number of allylic oxidation sites excluding steroid dienone is 1. The smallest absolute Gasteiger partial charge is 0.339 e. The largest absolute Gasteiger partial charge is 0.465 e. The number of para-hydroxylation sites is 2. The van der Waals surface area contributed by atoms with Gasteiger partial charge in [0.15, 0.2) is 10.9 Å². The molecule has 2 aromatic carbocycles. The minimum Gasteiger partial charge on any atom is -0.465 e. The van der Waals surface area contributed by atoms with E-state index in [1.807, 2.05) is 34.9 Å². The Labute approximate surface area is 188 Å². The summed E-state index contributed by atoms with van der Waals surface area (Å²) in [5.41, 5.74) is 1.43. The molecule has 0 radical (unpaired) electrons. The molecule has 0 saturated carbocycles. The van der Waals surface area contributed by atoms with Crippen LogP contribution in [-0.2, 0) is 16.1 Å². The summed E-state index contributed by atoms with van der Waals surface area (Å²) in [5, 5.41) is 12.8. The zero-order chi connectivity index (χ0) is 22.5. The highest BCUT2D eigenvalue weighted by molar-refractivity contribution is 7.99. The van der Waals surface area contributed by atoms with Gasteiger partial charge >= 0.3 is 5.97 Å². The monoisotopic (exact) mass is 448 g/mol. The minimum absolute atomic E-state index is 0.0743. The summed E-state index contributed by atoms with van der Waals surface area (Å²) >= 11 is 1.23. The van der Waals surface area contributed by atoms with E-state index in [-0.39, 0.29) is 17.2 Å². The fourth-order valence-electron chi connectivity index (χ4n) is 3.16. The van der Waals surface area contributed by atoms with Crippen LogP contribution in [0, 0.1) is 0 Å². The molecule has 4 rings (SSSR count). The van der Waals surface area contributed by atoms with Crippen molar-refractivity contribution in [3.8, 4) is 11.6 Å². The molecule has 0 aliphatic carbocycles. The first-order chi connectivity index (χ1) is 15.6. The number of ether oxygens (including phenoxy) is 1. The van der Waals surface area contributed by atoms with E-state index in [1.165, 1.54) is 18.9 Å². The summed E-state index contributed by atoms with van der Waals surface area (Å²) in [4.78, 5) is 24.4. The topological polar surface area (TPSA) is 99.2 Å². The van der Waals surface area contributed by atoms with Gasteiger partial charge in [0.05, 0.1) is 24.1 Å². The Bertz CT molecular complexity index is 1260. The molecule has 0 saturated heterocycles. The number of fused-ring (bicyclic) bond motifs is 1. The molecule has 1 N–H and O–H groups in total. The number of thioether (sulfide) groups is 1. The number of rotatable bonds is 8. The zero-order valence-electron chi connectivity index (χ0n) is 17.3. The molecule has 1 amide bonds. The van der Waals surface area contributed by atoms with Crippen molar-refractivity contribution in [3.05, 3.63) is 72.8 Å². The summed E-state index contributed by atoms with van der Waals surface area (Å²) in [5.74, 6) is 0.411. The number of nitrogens with one attached hydrogen (secondary N) is 1. The molecule has 0 bridgehead atoms. The van der Waals surface area contributed by atoms with Crippen molar-refractivity contribution in [3.63, 3.8) is 0 Å². The Morgan fingerprint density at radius 1 is 1.19 bits per heavy atom. The van der Waals surface area contributed by atoms with Gasteiger partial charge in [-0.15, -0.1) is 16.8 Å². The van der Waals surface area contributed by atoms with Crippen molar-refractivity contribution < 1.29 is 18.7 Å². The first-order valence-electron chi connectivity index (χ1n) is 9.73. The number of methoxy groups -OCH3 is 1. The second-order valence-corrected chi connectivity index (χ2v) is 7.67. The third-order valence-corrected chi connectivity index (χ3v) is 5.58. The second kappa shape index (κ2) is 9.52. The maximum Gasteiger partial charge on any atom is 0.339 e. The van der Waals surface area contributed by atoms with Gasteiger partial charge in [0, 0.05) is 11.9 Å². The molecule has 0 aliphatic rings. The lowest BCUT2D eigenvalue weighted by atomic mass is 10.2. The van der Waals surface area contributed by atoms with Gasteiger partial charge < -0.3 is 14.5 Å². The van der Waals surface area contributed by atoms with Gasteiger partial charge in [-0.25, -0.2) is 4.79 Å². The second-order valence-electron chi connectivity index (χ2n) is 6.73. The molecule has 0 aliphatic heterocycles. The van der Waals surface area contributed by atoms with E-state index >= 15 is 0 Å². The van der Waals surface area contributed by atoms with Crippen molar-refractivity contribution in [2.75, 3.05) is 18.2 Å². The van der Waals surface area contributed by atoms with Crippen LogP contribution in [0.4, 0.5) is 5.69 Å². The third kappa shape index (κ3) is 4.42. The number of hydrogen-bond donors (Lipinski definition) is 1. The zero-order valence-corrected chi connectivity index (χ0v) is 18.1. The van der Waals surface area contributed by atoms with Gasteiger partial charge in [-0.05, 0) is 24.3 Å². The van der Waals surface area contributed by atoms with Crippen LogP contribution < -0.4 is 5.32 Å². The third-order valence-electron chi connectivity index (χ3n) is 4.61. The predicted octanol–water partition coefficient (Wildman–Crippen LogP) is 4.39. The Morgan fingerprint density at radius 3 is 2.75 bits per heavy atom. The van der Waals surface area contributed by atoms with Gasteiger partial charge in [-0.2, -0.15) is 0 Å². The molecular weight excluding hydrogens is 428 g/mol. The molecule has 0 spiro atoms. The predicted molar refractivity (Wildman–Crippen MR) is 123 cm³/mol. The quantitative estimate of drug-likeness (QED) is 0.242. The Kier molecular flexibility index (Phi) is 6.37. The van der Waals surface area contributed by atoms with E-state index in [4.69, 9.17) is 9.15 Å². The summed E-state index contributed by atoms with van der Waals surface area (Å²) in [6, 6.07) is 16.3. The average molecular weight is 449 g/mol. The maximum absolute atomic E-state index is 12.5. The molecule has 8 nitrogen and oxygen atoms in total. The van der Waals surface area contributed by atoms with Crippen molar-refractivity contribution in [1.29, 1.82) is 0 Å². The lowest BCUT2D eigenvalue weighted by Gasteiger charge is -2.10. The molecule has 0 unspecified atom stereocenters. The number of carbonyl (C=O) groups excluding carboxylic acids is 2. The fraction of sp³-hybridized carbons (Fsp3) is 0.130. The van der Waals surface area contributed by atoms with Gasteiger partial charge in [-0.3, -0.25) is 9.36 Å². The highest BCUT2D eigenvalue weighted by Gasteiger charge is 2.19. The highest BCUT2D eigenvalue weighted by Crippen LogP contribution is 2.29. The molecule has 0 fully saturated rings. The van der Waals surface area contributed by atoms with Crippen molar-refractivity contribution in [2.45, 2.75) is 11.7 Å². The number of amides is 1. The standard InChI is InChI=1S/C23H20N4O4S/c1-3-12-27-21(19-13-15-8-4-7-11-18(15)31-19)25-26-23(27)32-14-20(28)24-17-10-6-5-9-16(17)22(29)30-2/h3-11,13H,1,12,14H2,2H3,(H,24,28). The number of nitrogens with zero attached hydrogens (tertiary/aromatic N) is 3. The highest BCUT2D eigenvalue weighted by atomic mass is 32.2. The van der Waals surface area contributed by atoms with Gasteiger partial charge in [0.2, 0.25) is 11.7 Å². The van der Waals surface area contributed by atoms with Crippen LogP contribution >= 0.6 is 11.8 Å². The van der Waals surface area contributed by atoms with E-state index in [1.54, 1.807) is 30.3 Å². The summed E-state index contributed by atoms with van der Waals surface area (Å²) in [7, 11) is 1.29. The maximum atomic E-state index is 12.5. The fourth-order valence-corrected chi connectivity index (χ4v) is 3.91. The van der Waals surface area contributed by atoms with Crippen LogP contribution in [0.15, 0.2) is 76.8 Å². The van der Waals surface area contributed by atoms with Crippen molar-refractivity contribution in [1.82, 2.24) is 14.8 Å². The van der Waals surface area contributed by atoms with E-state index in [0.29, 0.717) is 29.0 Å². The summed E-state index contributed by atoms with van der Waals surface area (Å²) in [6.45, 7) is 4.25. The van der Waals surface area contributed by atoms with Crippen LogP contribution in [-0.4, -0.2) is 39.5 Å². The molecule has 4 aromatic rings. The summed E-state index contributed by atoms with van der Waals surface area (Å²) < 4.78 is 12.5. The van der Waals surface area contributed by atoms with Gasteiger partial charge in [0.1, 0.15) is 5.58 Å². The molecule has 9 heteroatoms. The number of esters is 1. The normalized spacial score (nSPS) is 10.8. The Balaban J connectivity index is 1.51. The molecule has 2 heterocycles. The van der Waals surface area contributed by atoms with Crippen molar-refractivity contribution in [2.24, 2.45) is 0 Å². The van der Waals surface area contributed by atoms with E-state index in [9.17, 15) is 9.59 Å². The van der Waals surface area contributed by atoms with Gasteiger partial charge in [-0.1, -0.05) is 48.2 Å². The minimum atomic E-state index is -0.519. The van der Waals surface area contributed by atoms with E-state index in [0.717, 1.165) is 11.0 Å². The van der Waals surface area contributed by atoms with Crippen LogP contribution in [0.25, 0.3) is 22.6 Å². The summed E-state index contributed by atoms with van der Waals surface area (Å²) in [6.07, 6.45) is 1.73. The SMILES string of the molecule is C=CCn1c(SCC(=O)Nc2ccccc2C(=O)OC)nnc1-c1cc2ccccc2o1. The number of hydrogen-bond acceptors (Lipinski definition) is 7. The molecule has 162 valence electrons. The van der Waals surface area contributed by atoms with Crippen LogP contribution in [0.3, 0.4) is 0 Å². The lowest BCUT2D eigenvalue weighted by molar-refractivity contribution is -0.113. The number of anilines is 1. The molecule has 32 heavy (non-hydrogen) atoms. The molecular formula is C23H20N4O4S. The van der Waals surface area contributed by atoms with E-state index < -0.39 is 5.97 Å². The van der Waals surface area contributed by atoms with Gasteiger partial charge in [0.25, 0.3) is 0 Å². The van der Waals surface area contributed by atoms with Crippen molar-refractivity contribution >= 4 is 40.3 Å².